The molecule has 0 aliphatic heterocycles. The molecule has 0 spiro atoms. The lowest BCUT2D eigenvalue weighted by molar-refractivity contribution is -0.134. The number of benzene rings is 1. The molecule has 23 heavy (non-hydrogen) atoms. The predicted octanol–water partition coefficient (Wildman–Crippen LogP) is 4.70. The summed E-state index contributed by atoms with van der Waals surface area (Å²) in [4.78, 5) is 11.1. The van der Waals surface area contributed by atoms with Crippen LogP contribution in [0.3, 0.4) is 0 Å². The van der Waals surface area contributed by atoms with Gasteiger partial charge in [0.2, 0.25) is 0 Å². The Bertz CT molecular complexity index is 544. The topological polar surface area (TPSA) is 44.8 Å². The molecule has 8 heteroatoms. The zero-order valence-electron chi connectivity index (χ0n) is 13.0. The van der Waals surface area contributed by atoms with Gasteiger partial charge in [0.25, 0.3) is 0 Å². The lowest BCUT2D eigenvalue weighted by atomic mass is 10.2. The van der Waals surface area contributed by atoms with Crippen molar-refractivity contribution in [3.8, 4) is 11.5 Å². The van der Waals surface area contributed by atoms with Crippen molar-refractivity contribution in [3.63, 3.8) is 0 Å². The zero-order valence-corrected chi connectivity index (χ0v) is 16.2. The molecule has 0 unspecified atom stereocenters. The third-order valence-electron chi connectivity index (χ3n) is 2.91. The van der Waals surface area contributed by atoms with Crippen LogP contribution in [0, 0.1) is 0 Å². The second-order valence-corrected chi connectivity index (χ2v) is 14.0. The molecule has 0 aromatic heterocycles. The summed E-state index contributed by atoms with van der Waals surface area (Å²) in [6, 6.07) is 3.47. The highest BCUT2D eigenvalue weighted by atomic mass is 35.8. The molecular formula is C15H19Cl3O4Si. The first-order valence-electron chi connectivity index (χ1n) is 6.99. The normalized spacial score (nSPS) is 11.5. The fourth-order valence-electron chi connectivity index (χ4n) is 1.75. The molecule has 0 aliphatic rings. The number of esters is 1. The Morgan fingerprint density at radius 1 is 1.17 bits per heavy atom. The molecule has 0 saturated carbocycles. The number of carbonyl (C=O) groups is 1. The van der Waals surface area contributed by atoms with E-state index >= 15 is 0 Å². The van der Waals surface area contributed by atoms with Crippen molar-refractivity contribution in [2.45, 2.75) is 18.9 Å². The third kappa shape index (κ3) is 8.51. The number of halogens is 3. The summed E-state index contributed by atoms with van der Waals surface area (Å²) >= 11 is 17.5. The van der Waals surface area contributed by atoms with E-state index in [1.165, 1.54) is 13.2 Å². The number of unbranched alkanes of at least 4 members (excludes halogenated alkanes) is 1. The molecule has 0 amide bonds. The molecule has 0 bridgehead atoms. The number of rotatable bonds is 9. The van der Waals surface area contributed by atoms with Gasteiger partial charge in [0.1, 0.15) is 0 Å². The standard InChI is InChI=1S/C15H19Cl3O4Si/c1-20-14-11-12(6-8-15(19)21-2)5-7-13(14)22-9-3-4-10-23(16,17)18/h5-8,11H,3-4,9-10H2,1-2H3. The van der Waals surface area contributed by atoms with E-state index in [2.05, 4.69) is 4.74 Å². The second-order valence-electron chi connectivity index (χ2n) is 4.69. The van der Waals surface area contributed by atoms with Crippen molar-refractivity contribution in [1.82, 2.24) is 0 Å². The molecule has 1 rings (SSSR count). The van der Waals surface area contributed by atoms with Crippen molar-refractivity contribution in [2.75, 3.05) is 20.8 Å². The maximum atomic E-state index is 11.1. The molecule has 4 nitrogen and oxygen atoms in total. The van der Waals surface area contributed by atoms with Crippen LogP contribution in [-0.2, 0) is 9.53 Å². The zero-order chi connectivity index (χ0) is 17.3. The lowest BCUT2D eigenvalue weighted by Gasteiger charge is -2.12. The minimum absolute atomic E-state index is 0.415. The Morgan fingerprint density at radius 3 is 2.52 bits per heavy atom. The van der Waals surface area contributed by atoms with Crippen LogP contribution in [-0.4, -0.2) is 32.8 Å². The largest absolute Gasteiger partial charge is 0.493 e. The summed E-state index contributed by atoms with van der Waals surface area (Å²) in [5, 5.41) is 0. The van der Waals surface area contributed by atoms with Gasteiger partial charge in [0, 0.05) is 6.08 Å². The van der Waals surface area contributed by atoms with E-state index in [0.29, 0.717) is 24.2 Å². The molecule has 0 fully saturated rings. The number of ether oxygens (including phenoxy) is 3. The fourth-order valence-corrected chi connectivity index (χ4v) is 3.60. The highest BCUT2D eigenvalue weighted by molar-refractivity contribution is 7.64. The summed E-state index contributed by atoms with van der Waals surface area (Å²) in [6.07, 6.45) is 4.60. The van der Waals surface area contributed by atoms with Crippen LogP contribution in [0.2, 0.25) is 6.04 Å². The highest BCUT2D eigenvalue weighted by Crippen LogP contribution is 2.30. The molecule has 0 N–H and O–H groups in total. The molecule has 0 heterocycles. The maximum absolute atomic E-state index is 11.1. The van der Waals surface area contributed by atoms with Gasteiger partial charge in [-0.3, -0.25) is 0 Å². The number of hydrogen-bond donors (Lipinski definition) is 0. The minimum Gasteiger partial charge on any atom is -0.493 e. The molecule has 1 aromatic carbocycles. The van der Waals surface area contributed by atoms with Crippen LogP contribution in [0.5, 0.6) is 11.5 Å². The first kappa shape index (κ1) is 20.2. The van der Waals surface area contributed by atoms with Crippen LogP contribution in [0.25, 0.3) is 6.08 Å². The summed E-state index contributed by atoms with van der Waals surface area (Å²) in [7, 11) is 2.89. The van der Waals surface area contributed by atoms with Gasteiger partial charge < -0.3 is 14.2 Å². The van der Waals surface area contributed by atoms with Gasteiger partial charge in [-0.25, -0.2) is 4.79 Å². The quantitative estimate of drug-likeness (QED) is 0.199. The van der Waals surface area contributed by atoms with Gasteiger partial charge in [-0.1, -0.05) is 6.07 Å². The molecule has 0 radical (unpaired) electrons. The monoisotopic (exact) mass is 396 g/mol. The van der Waals surface area contributed by atoms with Gasteiger partial charge in [0.05, 0.1) is 20.8 Å². The summed E-state index contributed by atoms with van der Waals surface area (Å²) < 4.78 is 15.5. The Balaban J connectivity index is 2.56. The minimum atomic E-state index is -2.54. The molecular weight excluding hydrogens is 379 g/mol. The highest BCUT2D eigenvalue weighted by Gasteiger charge is 2.23. The van der Waals surface area contributed by atoms with E-state index in [1.54, 1.807) is 25.3 Å². The molecule has 0 saturated heterocycles. The number of hydrogen-bond acceptors (Lipinski definition) is 4. The Kier molecular flexibility index (Phi) is 8.84. The molecule has 0 aliphatic carbocycles. The van der Waals surface area contributed by atoms with E-state index in [9.17, 15) is 4.79 Å². The van der Waals surface area contributed by atoms with E-state index < -0.39 is 12.0 Å². The Morgan fingerprint density at radius 2 is 1.91 bits per heavy atom. The summed E-state index contributed by atoms with van der Waals surface area (Å²) in [6.45, 7) is 0.517. The fraction of sp³-hybridized carbons (Fsp3) is 0.400. The average Bonchev–Trinajstić information content (AvgIpc) is 2.51. The van der Waals surface area contributed by atoms with Crippen molar-refractivity contribution < 1.29 is 19.0 Å². The van der Waals surface area contributed by atoms with Crippen molar-refractivity contribution in [1.29, 1.82) is 0 Å². The van der Waals surface area contributed by atoms with Crippen LogP contribution in [0.15, 0.2) is 24.3 Å². The van der Waals surface area contributed by atoms with Crippen LogP contribution >= 0.6 is 33.2 Å². The van der Waals surface area contributed by atoms with Crippen LogP contribution in [0.1, 0.15) is 18.4 Å². The van der Waals surface area contributed by atoms with Crippen LogP contribution < -0.4 is 9.47 Å². The maximum Gasteiger partial charge on any atom is 0.341 e. The van der Waals surface area contributed by atoms with Gasteiger partial charge in [-0.2, -0.15) is 0 Å². The van der Waals surface area contributed by atoms with Gasteiger partial charge in [-0.15, -0.1) is 33.2 Å². The predicted molar refractivity (Wildman–Crippen MR) is 96.9 cm³/mol. The van der Waals surface area contributed by atoms with Gasteiger partial charge in [0.15, 0.2) is 11.5 Å². The Hall–Kier alpha value is -0.883. The van der Waals surface area contributed by atoms with E-state index in [-0.39, 0.29) is 0 Å². The summed E-state index contributed by atoms with van der Waals surface area (Å²) in [5.74, 6) is 0.809. The first-order valence-corrected chi connectivity index (χ1v) is 12.2. The van der Waals surface area contributed by atoms with Crippen LogP contribution in [0.4, 0.5) is 0 Å². The smallest absolute Gasteiger partial charge is 0.341 e. The average molecular weight is 398 g/mol. The lowest BCUT2D eigenvalue weighted by Crippen LogP contribution is -2.09. The first-order chi connectivity index (χ1) is 10.9. The van der Waals surface area contributed by atoms with Gasteiger partial charge in [-0.05, 0) is 42.7 Å². The van der Waals surface area contributed by atoms with E-state index in [1.807, 2.05) is 6.07 Å². The van der Waals surface area contributed by atoms with Gasteiger partial charge >= 0.3 is 12.0 Å². The van der Waals surface area contributed by atoms with E-state index in [0.717, 1.165) is 18.4 Å². The number of carbonyl (C=O) groups excluding carboxylic acids is 1. The van der Waals surface area contributed by atoms with Crippen molar-refractivity contribution in [3.05, 3.63) is 29.8 Å². The van der Waals surface area contributed by atoms with Crippen molar-refractivity contribution in [2.24, 2.45) is 0 Å². The number of methoxy groups -OCH3 is 2. The molecule has 1 aromatic rings. The second kappa shape index (κ2) is 10.1. The summed E-state index contributed by atoms with van der Waals surface area (Å²) in [5.41, 5.74) is 0.807. The Labute approximate surface area is 151 Å². The SMILES string of the molecule is COC(=O)C=Cc1ccc(OCCCC[Si](Cl)(Cl)Cl)c(OC)c1. The molecule has 0 atom stereocenters. The molecule has 128 valence electrons. The van der Waals surface area contributed by atoms with Crippen molar-refractivity contribution >= 4 is 51.3 Å². The van der Waals surface area contributed by atoms with E-state index in [4.69, 9.17) is 42.7 Å². The third-order valence-corrected chi connectivity index (χ3v) is 5.53.